The molecule has 1 aromatic carbocycles. The first-order chi connectivity index (χ1) is 7.13. The van der Waals surface area contributed by atoms with Gasteiger partial charge in [-0.1, -0.05) is 22.0 Å². The third-order valence-corrected chi connectivity index (χ3v) is 2.93. The lowest BCUT2D eigenvalue weighted by atomic mass is 10.2. The summed E-state index contributed by atoms with van der Waals surface area (Å²) in [5.41, 5.74) is 0.785. The van der Waals surface area contributed by atoms with Crippen LogP contribution in [0.2, 0.25) is 0 Å². The van der Waals surface area contributed by atoms with Crippen molar-refractivity contribution in [3.05, 3.63) is 39.8 Å². The van der Waals surface area contributed by atoms with E-state index >= 15 is 0 Å². The Bertz CT molecular complexity index is 377. The molecule has 4 heteroatoms. The van der Waals surface area contributed by atoms with Crippen molar-refractivity contribution in [1.82, 2.24) is 0 Å². The van der Waals surface area contributed by atoms with E-state index in [1.165, 1.54) is 0 Å². The summed E-state index contributed by atoms with van der Waals surface area (Å²) in [7, 11) is 0. The molecule has 0 saturated carbocycles. The first-order valence-electron chi connectivity index (χ1n) is 4.49. The summed E-state index contributed by atoms with van der Waals surface area (Å²) in [5, 5.41) is 2.82. The van der Waals surface area contributed by atoms with Gasteiger partial charge in [0.1, 0.15) is 0 Å². The van der Waals surface area contributed by atoms with Crippen LogP contribution in [0.1, 0.15) is 12.8 Å². The van der Waals surface area contributed by atoms with Gasteiger partial charge < -0.3 is 5.32 Å². The van der Waals surface area contributed by atoms with Crippen LogP contribution in [0.4, 0.5) is 5.69 Å². The quantitative estimate of drug-likeness (QED) is 0.826. The van der Waals surface area contributed by atoms with E-state index in [2.05, 4.69) is 43.8 Å². The van der Waals surface area contributed by atoms with Gasteiger partial charge in [-0.15, -0.1) is 6.58 Å². The fourth-order valence-corrected chi connectivity index (χ4v) is 2.18. The molecule has 0 aliphatic rings. The number of anilines is 1. The molecule has 0 aliphatic carbocycles. The highest BCUT2D eigenvalue weighted by molar-refractivity contribution is 9.11. The number of nitrogens with one attached hydrogen (secondary N) is 1. The summed E-state index contributed by atoms with van der Waals surface area (Å²) >= 11 is 6.73. The summed E-state index contributed by atoms with van der Waals surface area (Å²) in [6.07, 6.45) is 2.89. The molecular formula is C11H11Br2NO. The summed E-state index contributed by atoms with van der Waals surface area (Å²) in [6.45, 7) is 3.57. The van der Waals surface area contributed by atoms with Crippen molar-refractivity contribution in [3.63, 3.8) is 0 Å². The van der Waals surface area contributed by atoms with Gasteiger partial charge in [0, 0.05) is 15.4 Å². The molecule has 1 amide bonds. The Hall–Kier alpha value is -0.610. The average Bonchev–Trinajstić information content (AvgIpc) is 2.19. The van der Waals surface area contributed by atoms with Gasteiger partial charge in [-0.05, 0) is 40.5 Å². The van der Waals surface area contributed by atoms with Crippen molar-refractivity contribution in [2.24, 2.45) is 0 Å². The van der Waals surface area contributed by atoms with Gasteiger partial charge in [-0.25, -0.2) is 0 Å². The van der Waals surface area contributed by atoms with Crippen LogP contribution in [0.5, 0.6) is 0 Å². The normalized spacial score (nSPS) is 9.73. The molecule has 2 nitrogen and oxygen atoms in total. The number of carbonyl (C=O) groups excluding carboxylic acids is 1. The van der Waals surface area contributed by atoms with Gasteiger partial charge in [-0.3, -0.25) is 4.79 Å². The molecule has 15 heavy (non-hydrogen) atoms. The molecule has 0 saturated heterocycles. The monoisotopic (exact) mass is 331 g/mol. The van der Waals surface area contributed by atoms with Gasteiger partial charge in [0.15, 0.2) is 0 Å². The van der Waals surface area contributed by atoms with Gasteiger partial charge in [0.05, 0.1) is 5.69 Å². The topological polar surface area (TPSA) is 29.1 Å². The number of rotatable bonds is 4. The van der Waals surface area contributed by atoms with Crippen molar-refractivity contribution in [2.45, 2.75) is 12.8 Å². The number of hydrogen-bond donors (Lipinski definition) is 1. The van der Waals surface area contributed by atoms with Crippen molar-refractivity contribution in [3.8, 4) is 0 Å². The lowest BCUT2D eigenvalue weighted by Gasteiger charge is -2.06. The van der Waals surface area contributed by atoms with E-state index in [0.717, 1.165) is 14.6 Å². The van der Waals surface area contributed by atoms with E-state index in [0.29, 0.717) is 12.8 Å². The number of allylic oxidation sites excluding steroid dienone is 1. The fourth-order valence-electron chi connectivity index (χ4n) is 1.04. The second-order valence-electron chi connectivity index (χ2n) is 3.00. The predicted molar refractivity (Wildman–Crippen MR) is 69.9 cm³/mol. The zero-order valence-electron chi connectivity index (χ0n) is 8.09. The summed E-state index contributed by atoms with van der Waals surface area (Å²) < 4.78 is 1.84. The van der Waals surface area contributed by atoms with E-state index in [4.69, 9.17) is 0 Å². The Morgan fingerprint density at radius 2 is 2.20 bits per heavy atom. The molecule has 0 unspecified atom stereocenters. The first kappa shape index (κ1) is 12.5. The zero-order valence-corrected chi connectivity index (χ0v) is 11.3. The van der Waals surface area contributed by atoms with E-state index in [1.807, 2.05) is 18.2 Å². The standard InChI is InChI=1S/C11H11Br2NO/c1-2-3-4-11(15)14-10-6-5-8(12)7-9(10)13/h2,5-7H,1,3-4H2,(H,14,15). The maximum absolute atomic E-state index is 11.4. The molecule has 0 bridgehead atoms. The van der Waals surface area contributed by atoms with Crippen LogP contribution in [0.15, 0.2) is 39.8 Å². The van der Waals surface area contributed by atoms with E-state index in [9.17, 15) is 4.79 Å². The second-order valence-corrected chi connectivity index (χ2v) is 4.77. The molecule has 1 aromatic rings. The Kier molecular flexibility index (Phi) is 5.05. The number of benzene rings is 1. The van der Waals surface area contributed by atoms with Crippen LogP contribution in [0, 0.1) is 0 Å². The summed E-state index contributed by atoms with van der Waals surface area (Å²) in [5.74, 6) is -0.00192. The highest BCUT2D eigenvalue weighted by atomic mass is 79.9. The Balaban J connectivity index is 2.64. The van der Waals surface area contributed by atoms with Gasteiger partial charge in [0.2, 0.25) is 5.91 Å². The Morgan fingerprint density at radius 1 is 1.47 bits per heavy atom. The first-order valence-corrected chi connectivity index (χ1v) is 6.08. The van der Waals surface area contributed by atoms with Gasteiger partial charge >= 0.3 is 0 Å². The summed E-state index contributed by atoms with van der Waals surface area (Å²) in [4.78, 5) is 11.4. The van der Waals surface area contributed by atoms with Gasteiger partial charge in [-0.2, -0.15) is 0 Å². The number of carbonyl (C=O) groups is 1. The smallest absolute Gasteiger partial charge is 0.224 e. The molecule has 0 fully saturated rings. The molecule has 80 valence electrons. The minimum absolute atomic E-state index is 0.00192. The highest BCUT2D eigenvalue weighted by Crippen LogP contribution is 2.26. The lowest BCUT2D eigenvalue weighted by Crippen LogP contribution is -2.10. The molecule has 0 aliphatic heterocycles. The third kappa shape index (κ3) is 4.18. The molecule has 0 aromatic heterocycles. The van der Waals surface area contributed by atoms with Crippen LogP contribution in [0.3, 0.4) is 0 Å². The van der Waals surface area contributed by atoms with Crippen molar-refractivity contribution in [1.29, 1.82) is 0 Å². The minimum atomic E-state index is -0.00192. The maximum atomic E-state index is 11.4. The van der Waals surface area contributed by atoms with E-state index in [1.54, 1.807) is 6.08 Å². The zero-order chi connectivity index (χ0) is 11.3. The van der Waals surface area contributed by atoms with Crippen molar-refractivity contribution < 1.29 is 4.79 Å². The molecule has 1 rings (SSSR count). The van der Waals surface area contributed by atoms with E-state index < -0.39 is 0 Å². The van der Waals surface area contributed by atoms with Crippen LogP contribution >= 0.6 is 31.9 Å². The fraction of sp³-hybridized carbons (Fsp3) is 0.182. The highest BCUT2D eigenvalue weighted by Gasteiger charge is 2.04. The predicted octanol–water partition coefficient (Wildman–Crippen LogP) is 4.12. The van der Waals surface area contributed by atoms with Crippen molar-refractivity contribution in [2.75, 3.05) is 5.32 Å². The lowest BCUT2D eigenvalue weighted by molar-refractivity contribution is -0.116. The number of hydrogen-bond acceptors (Lipinski definition) is 1. The number of halogens is 2. The summed E-state index contributed by atoms with van der Waals surface area (Å²) in [6, 6.07) is 5.62. The van der Waals surface area contributed by atoms with Crippen LogP contribution in [-0.4, -0.2) is 5.91 Å². The second kappa shape index (κ2) is 6.08. The van der Waals surface area contributed by atoms with Crippen molar-refractivity contribution >= 4 is 43.5 Å². The molecule has 1 N–H and O–H groups in total. The molecular weight excluding hydrogens is 322 g/mol. The molecule has 0 heterocycles. The third-order valence-electron chi connectivity index (χ3n) is 1.78. The molecule has 0 radical (unpaired) electrons. The van der Waals surface area contributed by atoms with Crippen LogP contribution in [-0.2, 0) is 4.79 Å². The molecule has 0 spiro atoms. The van der Waals surface area contributed by atoms with E-state index in [-0.39, 0.29) is 5.91 Å². The van der Waals surface area contributed by atoms with Crippen LogP contribution in [0.25, 0.3) is 0 Å². The van der Waals surface area contributed by atoms with Crippen LogP contribution < -0.4 is 5.32 Å². The Morgan fingerprint density at radius 3 is 2.80 bits per heavy atom. The number of amides is 1. The SMILES string of the molecule is C=CCCC(=O)Nc1ccc(Br)cc1Br. The van der Waals surface area contributed by atoms with Gasteiger partial charge in [0.25, 0.3) is 0 Å². The largest absolute Gasteiger partial charge is 0.325 e. The minimum Gasteiger partial charge on any atom is -0.325 e. The molecule has 0 atom stereocenters. The Labute approximate surface area is 106 Å². The average molecular weight is 333 g/mol. The maximum Gasteiger partial charge on any atom is 0.224 e.